The smallest absolute Gasteiger partial charge is 0.129 e. The van der Waals surface area contributed by atoms with Crippen LogP contribution in [0.5, 0.6) is 0 Å². The van der Waals surface area contributed by atoms with Crippen LogP contribution in [0, 0.1) is 0 Å². The predicted molar refractivity (Wildman–Crippen MR) is 82.2 cm³/mol. The highest BCUT2D eigenvalue weighted by Gasteiger charge is 2.16. The lowest BCUT2D eigenvalue weighted by atomic mass is 10.2. The summed E-state index contributed by atoms with van der Waals surface area (Å²) in [5.41, 5.74) is 1.83. The molecular weight excluding hydrogens is 272 g/mol. The van der Waals surface area contributed by atoms with Gasteiger partial charge >= 0.3 is 0 Å². The minimum absolute atomic E-state index is 0.635. The van der Waals surface area contributed by atoms with Gasteiger partial charge in [0.25, 0.3) is 0 Å². The molecule has 2 aromatic rings. The van der Waals surface area contributed by atoms with E-state index in [1.54, 1.807) is 12.4 Å². The van der Waals surface area contributed by atoms with Crippen LogP contribution in [0.15, 0.2) is 36.7 Å². The minimum atomic E-state index is 0.635. The molecule has 104 valence electrons. The first-order valence-electron chi connectivity index (χ1n) is 6.74. The van der Waals surface area contributed by atoms with Crippen LogP contribution in [0.4, 0.5) is 5.82 Å². The van der Waals surface area contributed by atoms with Crippen LogP contribution >= 0.6 is 11.6 Å². The summed E-state index contributed by atoms with van der Waals surface area (Å²) in [7, 11) is 2.15. The number of piperazine rings is 1. The Labute approximate surface area is 124 Å². The summed E-state index contributed by atoms with van der Waals surface area (Å²) < 4.78 is 0. The van der Waals surface area contributed by atoms with Gasteiger partial charge < -0.3 is 9.80 Å². The monoisotopic (exact) mass is 288 g/mol. The molecule has 0 bridgehead atoms. The summed E-state index contributed by atoms with van der Waals surface area (Å²) in [5.74, 6) is 1.02. The quantitative estimate of drug-likeness (QED) is 0.850. The third-order valence-electron chi connectivity index (χ3n) is 3.61. The summed E-state index contributed by atoms with van der Waals surface area (Å²) in [6.45, 7) is 4.16. The molecule has 1 aliphatic rings. The van der Waals surface area contributed by atoms with E-state index in [0.717, 1.165) is 43.3 Å². The maximum Gasteiger partial charge on any atom is 0.129 e. The molecule has 0 aliphatic carbocycles. The number of hydrogen-bond donors (Lipinski definition) is 0. The molecule has 2 aromatic heterocycles. The number of halogens is 1. The number of rotatable bonds is 2. The van der Waals surface area contributed by atoms with Gasteiger partial charge in [0.15, 0.2) is 0 Å². The van der Waals surface area contributed by atoms with Crippen LogP contribution in [0.1, 0.15) is 0 Å². The standard InChI is InChI=1S/C15H17ClN4/c1-19-7-9-20(10-8-19)15-4-2-3-14(18-15)12-5-6-17-11-13(12)16/h2-6,11H,7-10H2,1H3. The Morgan fingerprint density at radius 1 is 1.10 bits per heavy atom. The molecule has 1 fully saturated rings. The lowest BCUT2D eigenvalue weighted by molar-refractivity contribution is 0.312. The Kier molecular flexibility index (Phi) is 3.85. The van der Waals surface area contributed by atoms with Crippen molar-refractivity contribution in [3.05, 3.63) is 41.7 Å². The second kappa shape index (κ2) is 5.77. The van der Waals surface area contributed by atoms with Crippen LogP contribution in [-0.4, -0.2) is 48.1 Å². The molecule has 4 nitrogen and oxygen atoms in total. The predicted octanol–water partition coefficient (Wildman–Crippen LogP) is 2.55. The minimum Gasteiger partial charge on any atom is -0.354 e. The van der Waals surface area contributed by atoms with Gasteiger partial charge in [0, 0.05) is 44.1 Å². The molecule has 5 heteroatoms. The van der Waals surface area contributed by atoms with Crippen LogP contribution in [0.25, 0.3) is 11.3 Å². The van der Waals surface area contributed by atoms with Crippen LogP contribution in [-0.2, 0) is 0 Å². The number of likely N-dealkylation sites (N-methyl/N-ethyl adjacent to an activating group) is 1. The van der Waals surface area contributed by atoms with Crippen molar-refractivity contribution >= 4 is 17.4 Å². The normalized spacial score (nSPS) is 16.4. The van der Waals surface area contributed by atoms with Crippen molar-refractivity contribution in [1.82, 2.24) is 14.9 Å². The Bertz CT molecular complexity index is 594. The van der Waals surface area contributed by atoms with Gasteiger partial charge in [-0.3, -0.25) is 4.98 Å². The van der Waals surface area contributed by atoms with Crippen LogP contribution in [0.2, 0.25) is 5.02 Å². The molecule has 0 amide bonds. The van der Waals surface area contributed by atoms with Gasteiger partial charge in [0.2, 0.25) is 0 Å². The summed E-state index contributed by atoms with van der Waals surface area (Å²) >= 11 is 6.19. The number of pyridine rings is 2. The van der Waals surface area contributed by atoms with Crippen molar-refractivity contribution in [3.8, 4) is 11.3 Å². The lowest BCUT2D eigenvalue weighted by Gasteiger charge is -2.33. The summed E-state index contributed by atoms with van der Waals surface area (Å²) in [6, 6.07) is 7.98. The van der Waals surface area contributed by atoms with Gasteiger partial charge in [-0.05, 0) is 25.2 Å². The highest BCUT2D eigenvalue weighted by atomic mass is 35.5. The zero-order chi connectivity index (χ0) is 13.9. The molecule has 0 aromatic carbocycles. The number of nitrogens with zero attached hydrogens (tertiary/aromatic N) is 4. The van der Waals surface area contributed by atoms with E-state index >= 15 is 0 Å². The fourth-order valence-corrected chi connectivity index (χ4v) is 2.58. The maximum absolute atomic E-state index is 6.19. The van der Waals surface area contributed by atoms with Gasteiger partial charge in [0.1, 0.15) is 5.82 Å². The summed E-state index contributed by atoms with van der Waals surface area (Å²) in [4.78, 5) is 13.4. The van der Waals surface area contributed by atoms with Crippen molar-refractivity contribution < 1.29 is 0 Å². The number of anilines is 1. The largest absolute Gasteiger partial charge is 0.354 e. The maximum atomic E-state index is 6.19. The van der Waals surface area contributed by atoms with Gasteiger partial charge in [-0.1, -0.05) is 17.7 Å². The summed E-state index contributed by atoms with van der Waals surface area (Å²) in [5, 5.41) is 0.635. The van der Waals surface area contributed by atoms with E-state index < -0.39 is 0 Å². The van der Waals surface area contributed by atoms with Gasteiger partial charge in [-0.15, -0.1) is 0 Å². The Morgan fingerprint density at radius 2 is 1.90 bits per heavy atom. The molecule has 3 heterocycles. The van der Waals surface area contributed by atoms with Gasteiger partial charge in [-0.2, -0.15) is 0 Å². The van der Waals surface area contributed by atoms with Gasteiger partial charge in [0.05, 0.1) is 10.7 Å². The zero-order valence-corrected chi connectivity index (χ0v) is 12.2. The second-order valence-electron chi connectivity index (χ2n) is 5.03. The Morgan fingerprint density at radius 3 is 2.65 bits per heavy atom. The lowest BCUT2D eigenvalue weighted by Crippen LogP contribution is -2.44. The van der Waals surface area contributed by atoms with E-state index in [-0.39, 0.29) is 0 Å². The van der Waals surface area contributed by atoms with E-state index in [1.165, 1.54) is 0 Å². The molecule has 0 atom stereocenters. The van der Waals surface area contributed by atoms with Crippen molar-refractivity contribution in [1.29, 1.82) is 0 Å². The molecule has 1 saturated heterocycles. The van der Waals surface area contributed by atoms with E-state index in [1.807, 2.05) is 18.2 Å². The Balaban J connectivity index is 1.88. The first-order chi connectivity index (χ1) is 9.74. The topological polar surface area (TPSA) is 32.3 Å². The number of aromatic nitrogens is 2. The SMILES string of the molecule is CN1CCN(c2cccc(-c3ccncc3Cl)n2)CC1. The average Bonchev–Trinajstić information content (AvgIpc) is 2.49. The van der Waals surface area contributed by atoms with Crippen molar-refractivity contribution in [3.63, 3.8) is 0 Å². The van der Waals surface area contributed by atoms with Gasteiger partial charge in [-0.25, -0.2) is 4.98 Å². The number of hydrogen-bond acceptors (Lipinski definition) is 4. The average molecular weight is 289 g/mol. The second-order valence-corrected chi connectivity index (χ2v) is 5.43. The third kappa shape index (κ3) is 2.76. The molecule has 1 aliphatic heterocycles. The molecule has 0 radical (unpaired) electrons. The van der Waals surface area contributed by atoms with Crippen molar-refractivity contribution in [2.75, 3.05) is 38.1 Å². The first-order valence-corrected chi connectivity index (χ1v) is 7.12. The van der Waals surface area contributed by atoms with Crippen molar-refractivity contribution in [2.45, 2.75) is 0 Å². The molecular formula is C15H17ClN4. The molecule has 20 heavy (non-hydrogen) atoms. The Hall–Kier alpha value is -1.65. The molecule has 0 saturated carbocycles. The van der Waals surface area contributed by atoms with E-state index in [9.17, 15) is 0 Å². The molecule has 0 spiro atoms. The molecule has 0 unspecified atom stereocenters. The zero-order valence-electron chi connectivity index (χ0n) is 11.5. The summed E-state index contributed by atoms with van der Waals surface area (Å²) in [6.07, 6.45) is 3.40. The molecule has 0 N–H and O–H groups in total. The van der Waals surface area contributed by atoms with Crippen LogP contribution < -0.4 is 4.90 Å². The molecule has 3 rings (SSSR count). The van der Waals surface area contributed by atoms with Crippen LogP contribution in [0.3, 0.4) is 0 Å². The fraction of sp³-hybridized carbons (Fsp3) is 0.333. The van der Waals surface area contributed by atoms with E-state index in [4.69, 9.17) is 16.6 Å². The van der Waals surface area contributed by atoms with E-state index in [0.29, 0.717) is 5.02 Å². The highest BCUT2D eigenvalue weighted by Crippen LogP contribution is 2.26. The van der Waals surface area contributed by atoms with Crippen molar-refractivity contribution in [2.24, 2.45) is 0 Å². The first kappa shape index (κ1) is 13.3. The fourth-order valence-electron chi connectivity index (χ4n) is 2.37. The van der Waals surface area contributed by atoms with E-state index in [2.05, 4.69) is 27.9 Å². The third-order valence-corrected chi connectivity index (χ3v) is 3.91. The highest BCUT2D eigenvalue weighted by molar-refractivity contribution is 6.33.